The van der Waals surface area contributed by atoms with E-state index in [1.165, 1.54) is 16.4 Å². The average Bonchev–Trinajstić information content (AvgIpc) is 2.53. The summed E-state index contributed by atoms with van der Waals surface area (Å²) in [7, 11) is -3.68. The van der Waals surface area contributed by atoms with Crippen molar-refractivity contribution >= 4 is 21.9 Å². The Labute approximate surface area is 141 Å². The number of nitrogens with zero attached hydrogens (tertiary/aromatic N) is 1. The van der Waals surface area contributed by atoms with Crippen molar-refractivity contribution in [1.29, 1.82) is 0 Å². The molecule has 1 unspecified atom stereocenters. The maximum atomic E-state index is 12.8. The molecule has 1 atom stereocenters. The number of carboxylic acids is 1. The number of amides is 1. The number of carbonyl (C=O) groups excluding carboxylic acids is 1. The van der Waals surface area contributed by atoms with E-state index in [4.69, 9.17) is 5.11 Å². The molecule has 24 heavy (non-hydrogen) atoms. The van der Waals surface area contributed by atoms with Crippen molar-refractivity contribution in [2.75, 3.05) is 13.1 Å². The minimum Gasteiger partial charge on any atom is -0.480 e. The lowest BCUT2D eigenvalue weighted by Crippen LogP contribution is -2.42. The Morgan fingerprint density at radius 3 is 2.67 bits per heavy atom. The van der Waals surface area contributed by atoms with Gasteiger partial charge in [0.25, 0.3) is 5.91 Å². The molecule has 0 spiro atoms. The highest BCUT2D eigenvalue weighted by atomic mass is 32.2. The molecule has 8 heteroatoms. The van der Waals surface area contributed by atoms with Gasteiger partial charge in [-0.05, 0) is 44.4 Å². The summed E-state index contributed by atoms with van der Waals surface area (Å²) in [6.07, 6.45) is 2.64. The van der Waals surface area contributed by atoms with Crippen molar-refractivity contribution in [1.82, 2.24) is 9.62 Å². The minimum absolute atomic E-state index is 0.0577. The van der Waals surface area contributed by atoms with Crippen molar-refractivity contribution in [3.05, 3.63) is 29.3 Å². The summed E-state index contributed by atoms with van der Waals surface area (Å²) in [4.78, 5) is 22.7. The molecule has 0 radical (unpaired) electrons. The van der Waals surface area contributed by atoms with E-state index < -0.39 is 28.4 Å². The molecule has 1 aliphatic heterocycles. The first kappa shape index (κ1) is 18.4. The molecule has 0 aliphatic carbocycles. The fourth-order valence-electron chi connectivity index (χ4n) is 2.82. The topological polar surface area (TPSA) is 104 Å². The predicted molar refractivity (Wildman–Crippen MR) is 88.4 cm³/mol. The van der Waals surface area contributed by atoms with Gasteiger partial charge in [-0.1, -0.05) is 12.5 Å². The van der Waals surface area contributed by atoms with Crippen LogP contribution in [0.1, 0.15) is 42.1 Å². The van der Waals surface area contributed by atoms with E-state index >= 15 is 0 Å². The molecule has 1 heterocycles. The van der Waals surface area contributed by atoms with Gasteiger partial charge in [0.05, 0.1) is 4.90 Å². The summed E-state index contributed by atoms with van der Waals surface area (Å²) in [5, 5.41) is 10.9. The van der Waals surface area contributed by atoms with E-state index in [-0.39, 0.29) is 16.5 Å². The molecule has 2 rings (SSSR count). The maximum absolute atomic E-state index is 12.8. The predicted octanol–water partition coefficient (Wildman–Crippen LogP) is 1.37. The summed E-state index contributed by atoms with van der Waals surface area (Å²) >= 11 is 0. The number of nitrogens with one attached hydrogen (secondary N) is 1. The Balaban J connectivity index is 2.32. The van der Waals surface area contributed by atoms with Gasteiger partial charge in [-0.2, -0.15) is 4.31 Å². The Morgan fingerprint density at radius 1 is 1.33 bits per heavy atom. The maximum Gasteiger partial charge on any atom is 0.322 e. The van der Waals surface area contributed by atoms with Crippen LogP contribution in [0.3, 0.4) is 0 Å². The molecule has 0 aromatic heterocycles. The lowest BCUT2D eigenvalue weighted by atomic mass is 10.1. The molecular formula is C16H22N2O5S. The van der Waals surface area contributed by atoms with Crippen molar-refractivity contribution in [3.63, 3.8) is 0 Å². The molecule has 0 saturated carbocycles. The molecule has 1 aromatic rings. The van der Waals surface area contributed by atoms with Crippen LogP contribution in [0.15, 0.2) is 23.1 Å². The quantitative estimate of drug-likeness (QED) is 0.831. The normalized spacial score (nSPS) is 19.0. The zero-order valence-corrected chi connectivity index (χ0v) is 14.6. The van der Waals surface area contributed by atoms with E-state index in [1.54, 1.807) is 13.0 Å². The molecule has 7 nitrogen and oxygen atoms in total. The SMILES string of the molecule is Cc1ccc(S(=O)(=O)N2CCCCC2C)cc1C(=O)NCC(=O)O. The number of hydrogen-bond donors (Lipinski definition) is 2. The van der Waals surface area contributed by atoms with Crippen LogP contribution in [-0.4, -0.2) is 48.8 Å². The number of piperidine rings is 1. The van der Waals surface area contributed by atoms with Gasteiger partial charge in [0.15, 0.2) is 0 Å². The van der Waals surface area contributed by atoms with Gasteiger partial charge < -0.3 is 10.4 Å². The smallest absolute Gasteiger partial charge is 0.322 e. The molecule has 1 amide bonds. The first-order valence-corrected chi connectivity index (χ1v) is 9.30. The minimum atomic E-state index is -3.68. The number of benzene rings is 1. The number of hydrogen-bond acceptors (Lipinski definition) is 4. The second-order valence-electron chi connectivity index (χ2n) is 6.01. The van der Waals surface area contributed by atoms with Gasteiger partial charge in [0, 0.05) is 18.2 Å². The Bertz CT molecular complexity index is 745. The molecule has 1 saturated heterocycles. The summed E-state index contributed by atoms with van der Waals surface area (Å²) in [5.41, 5.74) is 0.755. The number of carbonyl (C=O) groups is 2. The van der Waals surface area contributed by atoms with Crippen molar-refractivity contribution in [3.8, 4) is 0 Å². The van der Waals surface area contributed by atoms with E-state index in [1.807, 2.05) is 6.92 Å². The van der Waals surface area contributed by atoms with Crippen LogP contribution < -0.4 is 5.32 Å². The number of aryl methyl sites for hydroxylation is 1. The summed E-state index contributed by atoms with van der Waals surface area (Å²) < 4.78 is 27.2. The lowest BCUT2D eigenvalue weighted by Gasteiger charge is -2.32. The zero-order chi connectivity index (χ0) is 17.9. The Morgan fingerprint density at radius 2 is 2.04 bits per heavy atom. The highest BCUT2D eigenvalue weighted by molar-refractivity contribution is 7.89. The van der Waals surface area contributed by atoms with Gasteiger partial charge >= 0.3 is 5.97 Å². The molecule has 0 bridgehead atoms. The van der Waals surface area contributed by atoms with Gasteiger partial charge in [-0.15, -0.1) is 0 Å². The second-order valence-corrected chi connectivity index (χ2v) is 7.90. The van der Waals surface area contributed by atoms with Crippen LogP contribution >= 0.6 is 0 Å². The summed E-state index contributed by atoms with van der Waals surface area (Å²) in [6, 6.07) is 4.30. The van der Waals surface area contributed by atoms with Gasteiger partial charge in [0.2, 0.25) is 10.0 Å². The number of carboxylic acid groups (broad SMARTS) is 1. The highest BCUT2D eigenvalue weighted by Crippen LogP contribution is 2.26. The molecule has 1 fully saturated rings. The standard InChI is InChI=1S/C16H22N2O5S/c1-11-6-7-13(9-14(11)16(21)17-10-15(19)20)24(22,23)18-8-4-3-5-12(18)2/h6-7,9,12H,3-5,8,10H2,1-2H3,(H,17,21)(H,19,20). The van der Waals surface area contributed by atoms with Crippen LogP contribution in [0.2, 0.25) is 0 Å². The first-order chi connectivity index (χ1) is 11.2. The average molecular weight is 354 g/mol. The number of rotatable bonds is 5. The van der Waals surface area contributed by atoms with E-state index in [0.29, 0.717) is 12.1 Å². The highest BCUT2D eigenvalue weighted by Gasteiger charge is 2.31. The Kier molecular flexibility index (Phi) is 5.61. The van der Waals surface area contributed by atoms with Gasteiger partial charge in [-0.25, -0.2) is 8.42 Å². The fraction of sp³-hybridized carbons (Fsp3) is 0.500. The molecule has 2 N–H and O–H groups in total. The Hall–Kier alpha value is -1.93. The molecule has 132 valence electrons. The third-order valence-electron chi connectivity index (χ3n) is 4.20. The van der Waals surface area contributed by atoms with Crippen molar-refractivity contribution in [2.45, 2.75) is 44.0 Å². The second kappa shape index (κ2) is 7.31. The molecule has 1 aliphatic rings. The lowest BCUT2D eigenvalue weighted by molar-refractivity contribution is -0.135. The van der Waals surface area contributed by atoms with E-state index in [9.17, 15) is 18.0 Å². The number of aliphatic carboxylic acids is 1. The zero-order valence-electron chi connectivity index (χ0n) is 13.8. The largest absolute Gasteiger partial charge is 0.480 e. The van der Waals surface area contributed by atoms with E-state index in [2.05, 4.69) is 5.32 Å². The van der Waals surface area contributed by atoms with Crippen LogP contribution in [0.25, 0.3) is 0 Å². The van der Waals surface area contributed by atoms with Crippen LogP contribution in [-0.2, 0) is 14.8 Å². The van der Waals surface area contributed by atoms with Gasteiger partial charge in [-0.3, -0.25) is 9.59 Å². The van der Waals surface area contributed by atoms with Crippen LogP contribution in [0, 0.1) is 6.92 Å². The first-order valence-electron chi connectivity index (χ1n) is 7.86. The monoisotopic (exact) mass is 354 g/mol. The van der Waals surface area contributed by atoms with Crippen molar-refractivity contribution in [2.24, 2.45) is 0 Å². The summed E-state index contributed by atoms with van der Waals surface area (Å²) in [6.45, 7) is 3.51. The molecular weight excluding hydrogens is 332 g/mol. The van der Waals surface area contributed by atoms with Crippen LogP contribution in [0.4, 0.5) is 0 Å². The van der Waals surface area contributed by atoms with Crippen LogP contribution in [0.5, 0.6) is 0 Å². The summed E-state index contributed by atoms with van der Waals surface area (Å²) in [5.74, 6) is -1.76. The third-order valence-corrected chi connectivity index (χ3v) is 6.21. The number of sulfonamides is 1. The van der Waals surface area contributed by atoms with Gasteiger partial charge in [0.1, 0.15) is 6.54 Å². The van der Waals surface area contributed by atoms with Crippen molar-refractivity contribution < 1.29 is 23.1 Å². The van der Waals surface area contributed by atoms with E-state index in [0.717, 1.165) is 19.3 Å². The molecule has 1 aromatic carbocycles. The fourth-order valence-corrected chi connectivity index (χ4v) is 4.55. The third kappa shape index (κ3) is 3.93.